The number of halogens is 2. The molecule has 3 heterocycles. The molecular weight excluding hydrogens is 353 g/mol. The van der Waals surface area contributed by atoms with Crippen molar-refractivity contribution in [3.05, 3.63) is 51.2 Å². The first-order valence-electron chi connectivity index (χ1n) is 7.19. The van der Waals surface area contributed by atoms with E-state index in [2.05, 4.69) is 24.6 Å². The molecule has 1 aromatic carbocycles. The van der Waals surface area contributed by atoms with E-state index >= 15 is 0 Å². The second-order valence-electron chi connectivity index (χ2n) is 5.38. The molecule has 1 aliphatic heterocycles. The molecular formula is C15H13Cl2N5S. The molecule has 5 nitrogen and oxygen atoms in total. The van der Waals surface area contributed by atoms with Crippen molar-refractivity contribution < 1.29 is 0 Å². The lowest BCUT2D eigenvalue weighted by Gasteiger charge is -2.27. The molecule has 1 aliphatic rings. The summed E-state index contributed by atoms with van der Waals surface area (Å²) in [4.78, 5) is 6.64. The first-order chi connectivity index (χ1) is 11.2. The van der Waals surface area contributed by atoms with Gasteiger partial charge in [0.2, 0.25) is 0 Å². The maximum Gasteiger partial charge on any atom is 0.193 e. The van der Waals surface area contributed by atoms with E-state index in [1.54, 1.807) is 23.6 Å². The summed E-state index contributed by atoms with van der Waals surface area (Å²) < 4.78 is 2.15. The fourth-order valence-electron chi connectivity index (χ4n) is 2.73. The summed E-state index contributed by atoms with van der Waals surface area (Å²) in [5.74, 6) is 1.82. The summed E-state index contributed by atoms with van der Waals surface area (Å²) in [6, 6.07) is 5.63. The van der Waals surface area contributed by atoms with Gasteiger partial charge in [-0.05, 0) is 17.7 Å². The molecule has 0 amide bonds. The van der Waals surface area contributed by atoms with Gasteiger partial charge in [-0.25, -0.2) is 4.98 Å². The Bertz CT molecular complexity index is 831. The van der Waals surface area contributed by atoms with Crippen LogP contribution in [0.1, 0.15) is 11.4 Å². The summed E-state index contributed by atoms with van der Waals surface area (Å²) in [7, 11) is 0. The third-order valence-corrected chi connectivity index (χ3v) is 5.22. The monoisotopic (exact) mass is 365 g/mol. The minimum Gasteiger partial charge on any atom is -0.307 e. The molecule has 0 radical (unpaired) electrons. The molecule has 4 rings (SSSR count). The summed E-state index contributed by atoms with van der Waals surface area (Å²) in [6.45, 7) is 3.29. The van der Waals surface area contributed by atoms with E-state index in [4.69, 9.17) is 23.2 Å². The number of fused-ring (bicyclic) bond motifs is 1. The van der Waals surface area contributed by atoms with Crippen molar-refractivity contribution in [1.82, 2.24) is 24.6 Å². The van der Waals surface area contributed by atoms with E-state index in [9.17, 15) is 0 Å². The highest BCUT2D eigenvalue weighted by molar-refractivity contribution is 7.13. The van der Waals surface area contributed by atoms with Gasteiger partial charge in [0.1, 0.15) is 5.82 Å². The van der Waals surface area contributed by atoms with Crippen molar-refractivity contribution in [3.8, 4) is 10.8 Å². The first-order valence-corrected chi connectivity index (χ1v) is 8.82. The molecule has 2 aromatic heterocycles. The van der Waals surface area contributed by atoms with Crippen LogP contribution in [-0.2, 0) is 19.6 Å². The van der Waals surface area contributed by atoms with Gasteiger partial charge in [0.15, 0.2) is 10.8 Å². The van der Waals surface area contributed by atoms with Gasteiger partial charge in [-0.15, -0.1) is 21.5 Å². The molecule has 0 atom stereocenters. The van der Waals surface area contributed by atoms with Crippen LogP contribution in [0.3, 0.4) is 0 Å². The lowest BCUT2D eigenvalue weighted by molar-refractivity contribution is 0.209. The van der Waals surface area contributed by atoms with Crippen LogP contribution in [0.5, 0.6) is 0 Å². The fraction of sp³-hybridized carbons (Fsp3) is 0.267. The van der Waals surface area contributed by atoms with Crippen LogP contribution in [0.4, 0.5) is 0 Å². The van der Waals surface area contributed by atoms with Crippen LogP contribution in [0.25, 0.3) is 10.8 Å². The Morgan fingerprint density at radius 1 is 1.17 bits per heavy atom. The summed E-state index contributed by atoms with van der Waals surface area (Å²) in [6.07, 6.45) is 1.79. The second-order valence-corrected chi connectivity index (χ2v) is 7.11. The van der Waals surface area contributed by atoms with Crippen molar-refractivity contribution in [2.45, 2.75) is 19.6 Å². The highest BCUT2D eigenvalue weighted by atomic mass is 35.5. The van der Waals surface area contributed by atoms with Gasteiger partial charge < -0.3 is 4.57 Å². The lowest BCUT2D eigenvalue weighted by Crippen LogP contribution is -2.33. The molecule has 0 saturated carbocycles. The quantitative estimate of drug-likeness (QED) is 0.709. The minimum absolute atomic E-state index is 0.658. The molecule has 23 heavy (non-hydrogen) atoms. The first kappa shape index (κ1) is 15.1. The molecule has 0 aliphatic carbocycles. The highest BCUT2D eigenvalue weighted by Crippen LogP contribution is 2.26. The van der Waals surface area contributed by atoms with E-state index in [0.29, 0.717) is 10.0 Å². The maximum absolute atomic E-state index is 6.27. The van der Waals surface area contributed by atoms with Gasteiger partial charge >= 0.3 is 0 Å². The molecule has 0 N–H and O–H groups in total. The van der Waals surface area contributed by atoms with Crippen molar-refractivity contribution in [3.63, 3.8) is 0 Å². The number of benzene rings is 1. The number of rotatable bonds is 3. The third kappa shape index (κ3) is 2.99. The van der Waals surface area contributed by atoms with E-state index in [1.807, 2.05) is 17.5 Å². The van der Waals surface area contributed by atoms with E-state index in [0.717, 1.165) is 48.4 Å². The number of aromatic nitrogens is 4. The van der Waals surface area contributed by atoms with Gasteiger partial charge in [0.25, 0.3) is 0 Å². The van der Waals surface area contributed by atoms with Crippen molar-refractivity contribution in [1.29, 1.82) is 0 Å². The standard InChI is InChI=1S/C15H13Cl2N5S/c16-11-2-1-10(12(17)7-11)8-21-4-5-22-13(9-21)19-20-14(22)15-18-3-6-23-15/h1-3,6-7H,4-5,8-9H2. The fourth-order valence-corrected chi connectivity index (χ4v) is 3.82. The largest absolute Gasteiger partial charge is 0.307 e. The van der Waals surface area contributed by atoms with E-state index in [1.165, 1.54) is 0 Å². The molecule has 8 heteroatoms. The van der Waals surface area contributed by atoms with E-state index in [-0.39, 0.29) is 0 Å². The highest BCUT2D eigenvalue weighted by Gasteiger charge is 2.23. The Morgan fingerprint density at radius 3 is 2.87 bits per heavy atom. The van der Waals surface area contributed by atoms with Crippen LogP contribution in [0.15, 0.2) is 29.8 Å². The number of thiazole rings is 1. The average molecular weight is 366 g/mol. The summed E-state index contributed by atoms with van der Waals surface area (Å²) in [5.41, 5.74) is 1.07. The predicted octanol–water partition coefficient (Wildman–Crippen LogP) is 3.72. The second kappa shape index (κ2) is 6.20. The zero-order valence-electron chi connectivity index (χ0n) is 12.1. The molecule has 0 unspecified atom stereocenters. The normalized spacial score (nSPS) is 14.9. The lowest BCUT2D eigenvalue weighted by atomic mass is 10.2. The van der Waals surface area contributed by atoms with Crippen LogP contribution < -0.4 is 0 Å². The Kier molecular flexibility index (Phi) is 4.07. The molecule has 0 spiro atoms. The number of hydrogen-bond acceptors (Lipinski definition) is 5. The Hall–Kier alpha value is -1.47. The molecule has 0 fully saturated rings. The molecule has 3 aromatic rings. The van der Waals surface area contributed by atoms with Gasteiger partial charge in [0, 0.05) is 41.3 Å². The van der Waals surface area contributed by atoms with Gasteiger partial charge in [0.05, 0.1) is 6.54 Å². The SMILES string of the molecule is Clc1ccc(CN2CCn3c(nnc3-c3nccs3)C2)c(Cl)c1. The number of hydrogen-bond donors (Lipinski definition) is 0. The number of nitrogens with zero attached hydrogens (tertiary/aromatic N) is 5. The molecule has 0 saturated heterocycles. The summed E-state index contributed by atoms with van der Waals surface area (Å²) >= 11 is 13.8. The topological polar surface area (TPSA) is 46.8 Å². The smallest absolute Gasteiger partial charge is 0.193 e. The van der Waals surface area contributed by atoms with Crippen LogP contribution >= 0.6 is 34.5 Å². The Balaban J connectivity index is 1.53. The van der Waals surface area contributed by atoms with Gasteiger partial charge in [-0.3, -0.25) is 4.90 Å². The zero-order valence-corrected chi connectivity index (χ0v) is 14.4. The minimum atomic E-state index is 0.658. The van der Waals surface area contributed by atoms with Crippen LogP contribution in [0.2, 0.25) is 10.0 Å². The third-order valence-electron chi connectivity index (χ3n) is 3.86. The van der Waals surface area contributed by atoms with Crippen LogP contribution in [-0.4, -0.2) is 31.2 Å². The predicted molar refractivity (Wildman–Crippen MR) is 91.7 cm³/mol. The Morgan fingerprint density at radius 2 is 2.09 bits per heavy atom. The average Bonchev–Trinajstić information content (AvgIpc) is 3.18. The molecule has 0 bridgehead atoms. The zero-order chi connectivity index (χ0) is 15.8. The van der Waals surface area contributed by atoms with Crippen molar-refractivity contribution in [2.75, 3.05) is 6.54 Å². The van der Waals surface area contributed by atoms with E-state index < -0.39 is 0 Å². The van der Waals surface area contributed by atoms with Gasteiger partial charge in [-0.2, -0.15) is 0 Å². The molecule has 118 valence electrons. The van der Waals surface area contributed by atoms with Crippen molar-refractivity contribution >= 4 is 34.5 Å². The summed E-state index contributed by atoms with van der Waals surface area (Å²) in [5, 5.41) is 12.9. The van der Waals surface area contributed by atoms with Crippen molar-refractivity contribution in [2.24, 2.45) is 0 Å². The Labute approximate surface area is 147 Å². The van der Waals surface area contributed by atoms with Crippen LogP contribution in [0, 0.1) is 0 Å². The van der Waals surface area contributed by atoms with Gasteiger partial charge in [-0.1, -0.05) is 29.3 Å². The maximum atomic E-state index is 6.27.